The second kappa shape index (κ2) is 5.48. The molecule has 5 nitrogen and oxygen atoms in total. The van der Waals surface area contributed by atoms with E-state index in [9.17, 15) is 0 Å². The van der Waals surface area contributed by atoms with E-state index in [4.69, 9.17) is 18.9 Å². The van der Waals surface area contributed by atoms with Crippen molar-refractivity contribution in [3.05, 3.63) is 23.8 Å². The Balaban J connectivity index is 1.53. The molecule has 2 aliphatic heterocycles. The Morgan fingerprint density at radius 1 is 1.24 bits per heavy atom. The zero-order valence-corrected chi connectivity index (χ0v) is 12.3. The number of methoxy groups -OCH3 is 1. The van der Waals surface area contributed by atoms with Crippen LogP contribution in [0.2, 0.25) is 0 Å². The Morgan fingerprint density at radius 2 is 2.14 bits per heavy atom. The lowest BCUT2D eigenvalue weighted by Gasteiger charge is -2.30. The summed E-state index contributed by atoms with van der Waals surface area (Å²) in [5, 5.41) is 0. The molecule has 3 atom stereocenters. The molecule has 2 heterocycles. The summed E-state index contributed by atoms with van der Waals surface area (Å²) in [6.45, 7) is 2.96. The van der Waals surface area contributed by atoms with Gasteiger partial charge in [-0.3, -0.25) is 4.90 Å². The van der Waals surface area contributed by atoms with Gasteiger partial charge < -0.3 is 18.9 Å². The molecule has 1 aromatic carbocycles. The number of benzene rings is 1. The number of rotatable bonds is 3. The van der Waals surface area contributed by atoms with Crippen LogP contribution in [-0.4, -0.2) is 50.2 Å². The average molecular weight is 291 g/mol. The fraction of sp³-hybridized carbons (Fsp3) is 0.625. The van der Waals surface area contributed by atoms with Crippen LogP contribution in [0.15, 0.2) is 18.2 Å². The number of hydrogen-bond acceptors (Lipinski definition) is 5. The van der Waals surface area contributed by atoms with Crippen molar-refractivity contribution in [3.8, 4) is 11.5 Å². The zero-order chi connectivity index (χ0) is 14.2. The fourth-order valence-electron chi connectivity index (χ4n) is 3.75. The van der Waals surface area contributed by atoms with E-state index >= 15 is 0 Å². The second-order valence-corrected chi connectivity index (χ2v) is 5.91. The molecule has 0 radical (unpaired) electrons. The van der Waals surface area contributed by atoms with Crippen LogP contribution in [0.3, 0.4) is 0 Å². The minimum Gasteiger partial charge on any atom is -0.454 e. The van der Waals surface area contributed by atoms with E-state index in [1.165, 1.54) is 5.56 Å². The quantitative estimate of drug-likeness (QED) is 0.849. The van der Waals surface area contributed by atoms with Gasteiger partial charge in [0.1, 0.15) is 0 Å². The van der Waals surface area contributed by atoms with Crippen LogP contribution in [0.4, 0.5) is 0 Å². The van der Waals surface area contributed by atoms with Crippen molar-refractivity contribution in [2.45, 2.75) is 37.6 Å². The zero-order valence-electron chi connectivity index (χ0n) is 12.3. The molecule has 2 bridgehead atoms. The molecule has 1 aromatic rings. The van der Waals surface area contributed by atoms with Crippen LogP contribution in [0, 0.1) is 0 Å². The van der Waals surface area contributed by atoms with Gasteiger partial charge in [0.05, 0.1) is 18.8 Å². The Labute approximate surface area is 124 Å². The van der Waals surface area contributed by atoms with Gasteiger partial charge in [0.15, 0.2) is 11.5 Å². The van der Waals surface area contributed by atoms with Gasteiger partial charge in [0.25, 0.3) is 0 Å². The summed E-state index contributed by atoms with van der Waals surface area (Å²) in [4.78, 5) is 2.48. The first-order chi connectivity index (χ1) is 10.3. The summed E-state index contributed by atoms with van der Waals surface area (Å²) in [5.74, 6) is 1.69. The molecule has 1 saturated heterocycles. The van der Waals surface area contributed by atoms with Gasteiger partial charge in [-0.1, -0.05) is 6.07 Å². The smallest absolute Gasteiger partial charge is 0.231 e. The van der Waals surface area contributed by atoms with Crippen molar-refractivity contribution >= 4 is 0 Å². The van der Waals surface area contributed by atoms with E-state index in [2.05, 4.69) is 17.0 Å². The molecule has 3 aliphatic rings. The van der Waals surface area contributed by atoms with Gasteiger partial charge in [0.2, 0.25) is 6.79 Å². The molecule has 21 heavy (non-hydrogen) atoms. The topological polar surface area (TPSA) is 40.2 Å². The third-order valence-corrected chi connectivity index (χ3v) is 4.77. The summed E-state index contributed by atoms with van der Waals surface area (Å²) in [7, 11) is 1.80. The molecule has 0 amide bonds. The molecule has 3 unspecified atom stereocenters. The van der Waals surface area contributed by atoms with Crippen molar-refractivity contribution in [2.24, 2.45) is 0 Å². The Hall–Kier alpha value is -1.30. The number of hydrogen-bond donors (Lipinski definition) is 0. The maximum Gasteiger partial charge on any atom is 0.231 e. The lowest BCUT2D eigenvalue weighted by atomic mass is 10.1. The monoisotopic (exact) mass is 291 g/mol. The first-order valence-electron chi connectivity index (χ1n) is 7.62. The molecule has 1 saturated carbocycles. The third-order valence-electron chi connectivity index (χ3n) is 4.77. The first kappa shape index (κ1) is 13.4. The lowest BCUT2D eigenvalue weighted by Crippen LogP contribution is -2.42. The maximum atomic E-state index is 5.93. The molecule has 5 heteroatoms. The number of nitrogens with zero attached hydrogens (tertiary/aromatic N) is 1. The molecule has 0 spiro atoms. The molecule has 4 rings (SSSR count). The maximum absolute atomic E-state index is 5.93. The van der Waals surface area contributed by atoms with Crippen molar-refractivity contribution in [1.29, 1.82) is 0 Å². The van der Waals surface area contributed by atoms with Gasteiger partial charge in [-0.05, 0) is 30.5 Å². The Kier molecular flexibility index (Phi) is 3.49. The average Bonchev–Trinajstić information content (AvgIpc) is 3.06. The van der Waals surface area contributed by atoms with Gasteiger partial charge in [-0.15, -0.1) is 0 Å². The van der Waals surface area contributed by atoms with Crippen LogP contribution in [-0.2, 0) is 16.0 Å². The van der Waals surface area contributed by atoms with Gasteiger partial charge in [0, 0.05) is 26.2 Å². The summed E-state index contributed by atoms with van der Waals surface area (Å²) in [6.07, 6.45) is 2.71. The molecule has 1 aliphatic carbocycles. The summed E-state index contributed by atoms with van der Waals surface area (Å²) in [6, 6.07) is 6.65. The predicted octanol–water partition coefficient (Wildman–Crippen LogP) is 1.79. The van der Waals surface area contributed by atoms with Crippen molar-refractivity contribution in [2.75, 3.05) is 27.1 Å². The summed E-state index contributed by atoms with van der Waals surface area (Å²) < 4.78 is 22.5. The van der Waals surface area contributed by atoms with Gasteiger partial charge in [-0.2, -0.15) is 0 Å². The van der Waals surface area contributed by atoms with E-state index in [0.29, 0.717) is 12.8 Å². The lowest BCUT2D eigenvalue weighted by molar-refractivity contribution is -0.0326. The SMILES string of the molecule is COC1C2CCC1N(Cc1ccc3c(c1)OCO3)CCO2. The molecule has 0 N–H and O–H groups in total. The van der Waals surface area contributed by atoms with E-state index in [1.807, 2.05) is 6.07 Å². The van der Waals surface area contributed by atoms with Gasteiger partial charge in [-0.25, -0.2) is 0 Å². The highest BCUT2D eigenvalue weighted by Crippen LogP contribution is 2.35. The molecular formula is C16H21NO4. The first-order valence-corrected chi connectivity index (χ1v) is 7.62. The van der Waals surface area contributed by atoms with Gasteiger partial charge >= 0.3 is 0 Å². The molecular weight excluding hydrogens is 270 g/mol. The third kappa shape index (κ3) is 2.39. The van der Waals surface area contributed by atoms with E-state index < -0.39 is 0 Å². The predicted molar refractivity (Wildman–Crippen MR) is 76.5 cm³/mol. The van der Waals surface area contributed by atoms with Crippen LogP contribution in [0.1, 0.15) is 18.4 Å². The summed E-state index contributed by atoms with van der Waals surface area (Å²) >= 11 is 0. The van der Waals surface area contributed by atoms with Crippen molar-refractivity contribution in [1.82, 2.24) is 4.90 Å². The van der Waals surface area contributed by atoms with Crippen molar-refractivity contribution < 1.29 is 18.9 Å². The second-order valence-electron chi connectivity index (χ2n) is 5.91. The highest BCUT2D eigenvalue weighted by atomic mass is 16.7. The number of ether oxygens (including phenoxy) is 4. The van der Waals surface area contributed by atoms with Crippen LogP contribution >= 0.6 is 0 Å². The normalized spacial score (nSPS) is 31.4. The fourth-order valence-corrected chi connectivity index (χ4v) is 3.75. The largest absolute Gasteiger partial charge is 0.454 e. The van der Waals surface area contributed by atoms with E-state index in [-0.39, 0.29) is 12.2 Å². The minimum absolute atomic E-state index is 0.196. The minimum atomic E-state index is 0.196. The van der Waals surface area contributed by atoms with E-state index in [1.54, 1.807) is 7.11 Å². The molecule has 114 valence electrons. The standard InChI is InChI=1S/C16H21NO4/c1-18-16-12-3-5-14(16)19-7-6-17(12)9-11-2-4-13-15(8-11)21-10-20-13/h2,4,8,12,14,16H,3,5-7,9-10H2,1H3. The highest BCUT2D eigenvalue weighted by Gasteiger charge is 2.42. The number of fused-ring (bicyclic) bond motifs is 3. The van der Waals surface area contributed by atoms with Crippen LogP contribution in [0.5, 0.6) is 11.5 Å². The van der Waals surface area contributed by atoms with Crippen LogP contribution < -0.4 is 9.47 Å². The Morgan fingerprint density at radius 3 is 3.05 bits per heavy atom. The highest BCUT2D eigenvalue weighted by molar-refractivity contribution is 5.44. The van der Waals surface area contributed by atoms with E-state index in [0.717, 1.165) is 44.0 Å². The molecule has 0 aromatic heterocycles. The molecule has 2 fully saturated rings. The summed E-state index contributed by atoms with van der Waals surface area (Å²) in [5.41, 5.74) is 1.25. The van der Waals surface area contributed by atoms with Crippen molar-refractivity contribution in [3.63, 3.8) is 0 Å². The van der Waals surface area contributed by atoms with Crippen LogP contribution in [0.25, 0.3) is 0 Å². The Bertz CT molecular complexity index is 521.